The van der Waals surface area contributed by atoms with Crippen molar-refractivity contribution in [3.05, 3.63) is 22.2 Å². The number of nitrogens with two attached hydrogens (primary N) is 1. The van der Waals surface area contributed by atoms with E-state index in [1.807, 2.05) is 0 Å². The highest BCUT2D eigenvalue weighted by Gasteiger charge is 2.45. The molecule has 0 spiro atoms. The van der Waals surface area contributed by atoms with E-state index in [4.69, 9.17) is 20.3 Å². The molecular weight excluding hydrogens is 321 g/mol. The molecule has 1 aliphatic heterocycles. The Morgan fingerprint density at radius 1 is 1.45 bits per heavy atom. The molecule has 0 aromatic carbocycles. The van der Waals surface area contributed by atoms with Crippen LogP contribution in [0.3, 0.4) is 0 Å². The summed E-state index contributed by atoms with van der Waals surface area (Å²) in [6, 6.07) is 0. The SMILES string of the molecule is Cc1cn([C@@H]2O[C@H](COP(=O)(O)O)[C@@H](O)C2O)c(=O)nc1N. The number of nitrogen functional groups attached to an aromatic ring is 1. The van der Waals surface area contributed by atoms with Crippen molar-refractivity contribution < 1.29 is 33.8 Å². The molecule has 2 rings (SSSR count). The van der Waals surface area contributed by atoms with Gasteiger partial charge in [0.25, 0.3) is 0 Å². The van der Waals surface area contributed by atoms with Crippen molar-refractivity contribution in [2.45, 2.75) is 31.5 Å². The Kier molecular flexibility index (Phi) is 4.68. The third-order valence-corrected chi connectivity index (χ3v) is 3.68. The summed E-state index contributed by atoms with van der Waals surface area (Å²) in [4.78, 5) is 32.6. The Balaban J connectivity index is 2.22. The van der Waals surface area contributed by atoms with Crippen LogP contribution in [0.25, 0.3) is 0 Å². The Bertz CT molecular complexity index is 658. The number of nitrogens with zero attached hydrogens (tertiary/aromatic N) is 2. The summed E-state index contributed by atoms with van der Waals surface area (Å²) < 4.78 is 21.1. The fourth-order valence-corrected chi connectivity index (χ4v) is 2.37. The largest absolute Gasteiger partial charge is 0.469 e. The first-order valence-corrected chi connectivity index (χ1v) is 7.70. The van der Waals surface area contributed by atoms with Gasteiger partial charge < -0.3 is 30.5 Å². The molecule has 12 heteroatoms. The number of hydrogen-bond acceptors (Lipinski definition) is 8. The van der Waals surface area contributed by atoms with Gasteiger partial charge in [0, 0.05) is 11.8 Å². The van der Waals surface area contributed by atoms with Gasteiger partial charge in [-0.25, -0.2) is 9.36 Å². The van der Waals surface area contributed by atoms with Crippen molar-refractivity contribution in [2.75, 3.05) is 12.3 Å². The van der Waals surface area contributed by atoms with Crippen molar-refractivity contribution in [1.29, 1.82) is 0 Å². The van der Waals surface area contributed by atoms with E-state index < -0.39 is 44.7 Å². The van der Waals surface area contributed by atoms with Gasteiger partial charge in [-0.3, -0.25) is 9.09 Å². The number of aliphatic hydroxyl groups is 2. The number of ether oxygens (including phenoxy) is 1. The van der Waals surface area contributed by atoms with E-state index in [9.17, 15) is 19.6 Å². The topological polar surface area (TPSA) is 177 Å². The second kappa shape index (κ2) is 6.05. The maximum atomic E-state index is 11.8. The molecule has 1 saturated heterocycles. The number of anilines is 1. The Hall–Kier alpha value is -1.33. The maximum absolute atomic E-state index is 11.8. The highest BCUT2D eigenvalue weighted by atomic mass is 31.2. The van der Waals surface area contributed by atoms with Gasteiger partial charge in [-0.1, -0.05) is 0 Å². The van der Waals surface area contributed by atoms with E-state index in [-0.39, 0.29) is 5.82 Å². The van der Waals surface area contributed by atoms with Crippen LogP contribution in [-0.4, -0.2) is 54.5 Å². The van der Waals surface area contributed by atoms with Gasteiger partial charge in [-0.15, -0.1) is 0 Å². The highest BCUT2D eigenvalue weighted by molar-refractivity contribution is 7.46. The first-order valence-electron chi connectivity index (χ1n) is 6.17. The Morgan fingerprint density at radius 2 is 2.09 bits per heavy atom. The molecule has 0 saturated carbocycles. The molecule has 0 amide bonds. The second-order valence-corrected chi connectivity index (χ2v) is 6.07. The fourth-order valence-electron chi connectivity index (χ4n) is 2.03. The molecule has 124 valence electrons. The lowest BCUT2D eigenvalue weighted by molar-refractivity contribution is -0.0542. The molecule has 0 aliphatic carbocycles. The zero-order chi connectivity index (χ0) is 16.7. The van der Waals surface area contributed by atoms with Gasteiger partial charge in [-0.05, 0) is 6.92 Å². The van der Waals surface area contributed by atoms with Crippen molar-refractivity contribution in [3.8, 4) is 0 Å². The molecule has 2 heterocycles. The van der Waals surface area contributed by atoms with Gasteiger partial charge in [0.05, 0.1) is 6.61 Å². The molecule has 1 fully saturated rings. The predicted molar refractivity (Wildman–Crippen MR) is 71.6 cm³/mol. The third kappa shape index (κ3) is 3.52. The molecule has 11 nitrogen and oxygen atoms in total. The molecule has 0 radical (unpaired) electrons. The average molecular weight is 337 g/mol. The van der Waals surface area contributed by atoms with Crippen LogP contribution in [-0.2, 0) is 13.8 Å². The Morgan fingerprint density at radius 3 is 2.68 bits per heavy atom. The molecule has 0 bridgehead atoms. The van der Waals surface area contributed by atoms with Gasteiger partial charge in [-0.2, -0.15) is 4.98 Å². The molecule has 4 atom stereocenters. The summed E-state index contributed by atoms with van der Waals surface area (Å²) in [5.41, 5.74) is 5.15. The lowest BCUT2D eigenvalue weighted by Crippen LogP contribution is -2.36. The van der Waals surface area contributed by atoms with Crippen LogP contribution in [0.15, 0.2) is 11.0 Å². The number of rotatable bonds is 4. The van der Waals surface area contributed by atoms with Crippen molar-refractivity contribution in [1.82, 2.24) is 9.55 Å². The molecule has 22 heavy (non-hydrogen) atoms. The van der Waals surface area contributed by atoms with Crippen LogP contribution >= 0.6 is 7.82 Å². The minimum Gasteiger partial charge on any atom is -0.387 e. The van der Waals surface area contributed by atoms with Crippen LogP contribution in [0.2, 0.25) is 0 Å². The summed E-state index contributed by atoms with van der Waals surface area (Å²) in [6.45, 7) is 0.930. The Labute approximate surface area is 124 Å². The van der Waals surface area contributed by atoms with Crippen LogP contribution in [0, 0.1) is 6.92 Å². The smallest absolute Gasteiger partial charge is 0.387 e. The second-order valence-electron chi connectivity index (χ2n) is 4.83. The number of aryl methyl sites for hydroxylation is 1. The van der Waals surface area contributed by atoms with E-state index in [2.05, 4.69) is 9.51 Å². The maximum Gasteiger partial charge on any atom is 0.469 e. The molecule has 1 unspecified atom stereocenters. The van der Waals surface area contributed by atoms with Gasteiger partial charge in [0.15, 0.2) is 6.23 Å². The van der Waals surface area contributed by atoms with E-state index in [0.29, 0.717) is 5.56 Å². The third-order valence-electron chi connectivity index (χ3n) is 3.19. The minimum absolute atomic E-state index is 0.0238. The minimum atomic E-state index is -4.75. The predicted octanol–water partition coefficient (Wildman–Crippen LogP) is -2.14. The highest BCUT2D eigenvalue weighted by Crippen LogP contribution is 2.38. The quantitative estimate of drug-likeness (QED) is 0.381. The fraction of sp³-hybridized carbons (Fsp3) is 0.600. The number of phosphoric acid groups is 1. The lowest BCUT2D eigenvalue weighted by Gasteiger charge is -2.18. The average Bonchev–Trinajstić information content (AvgIpc) is 2.68. The van der Waals surface area contributed by atoms with Crippen molar-refractivity contribution in [2.24, 2.45) is 0 Å². The van der Waals surface area contributed by atoms with E-state index in [1.54, 1.807) is 6.92 Å². The molecule has 6 N–H and O–H groups in total. The van der Waals surface area contributed by atoms with E-state index in [1.165, 1.54) is 6.20 Å². The van der Waals surface area contributed by atoms with E-state index >= 15 is 0 Å². The molecular formula is C10H16N3O8P. The zero-order valence-electron chi connectivity index (χ0n) is 11.4. The van der Waals surface area contributed by atoms with Crippen LogP contribution in [0.1, 0.15) is 11.8 Å². The summed E-state index contributed by atoms with van der Waals surface area (Å²) in [7, 11) is -4.75. The number of phosphoric ester groups is 1. The summed E-state index contributed by atoms with van der Waals surface area (Å²) in [6.07, 6.45) is -4.21. The first-order chi connectivity index (χ1) is 10.1. The van der Waals surface area contributed by atoms with Gasteiger partial charge in [0.2, 0.25) is 0 Å². The standard InChI is InChI=1S/C10H16N3O8P/c1-4-2-13(10(16)12-8(4)11)9-7(15)6(14)5(21-9)3-20-22(17,18)19/h2,5-7,9,14-15H,3H2,1H3,(H2,11,12,16)(H2,17,18,19)/t5-,6-,7?,9-/m1/s1. The van der Waals surface area contributed by atoms with E-state index in [0.717, 1.165) is 4.57 Å². The number of aromatic nitrogens is 2. The lowest BCUT2D eigenvalue weighted by atomic mass is 10.1. The van der Waals surface area contributed by atoms with Crippen molar-refractivity contribution in [3.63, 3.8) is 0 Å². The summed E-state index contributed by atoms with van der Waals surface area (Å²) in [5.74, 6) is 0.0238. The van der Waals surface area contributed by atoms with Crippen LogP contribution in [0.5, 0.6) is 0 Å². The van der Waals surface area contributed by atoms with Crippen LogP contribution in [0.4, 0.5) is 5.82 Å². The van der Waals surface area contributed by atoms with Gasteiger partial charge >= 0.3 is 13.5 Å². The molecule has 1 aliphatic rings. The normalized spacial score (nSPS) is 29.0. The van der Waals surface area contributed by atoms with Crippen LogP contribution < -0.4 is 11.4 Å². The first kappa shape index (κ1) is 17.0. The molecule has 1 aromatic rings. The monoisotopic (exact) mass is 337 g/mol. The zero-order valence-corrected chi connectivity index (χ0v) is 12.3. The number of aliphatic hydroxyl groups excluding tert-OH is 2. The number of hydrogen-bond donors (Lipinski definition) is 5. The van der Waals surface area contributed by atoms with Crippen molar-refractivity contribution >= 4 is 13.6 Å². The molecule has 1 aromatic heterocycles. The summed E-state index contributed by atoms with van der Waals surface area (Å²) in [5, 5.41) is 19.8. The summed E-state index contributed by atoms with van der Waals surface area (Å²) >= 11 is 0. The van der Waals surface area contributed by atoms with Gasteiger partial charge in [0.1, 0.15) is 24.1 Å².